The first kappa shape index (κ1) is 47.3. The molecule has 1 aromatic heterocycles. The van der Waals surface area contributed by atoms with E-state index in [2.05, 4.69) is 193 Å². The smallest absolute Gasteiger partial charge is 0.264 e. The molecule has 9 heteroatoms. The van der Waals surface area contributed by atoms with Crippen LogP contribution in [-0.4, -0.2) is 49.2 Å². The Morgan fingerprint density at radius 1 is 0.859 bits per heavy atom. The highest BCUT2D eigenvalue weighted by atomic mass is 32.2. The number of fused-ring (bicyclic) bond motifs is 3. The van der Waals surface area contributed by atoms with Gasteiger partial charge in [0.2, 0.25) is 5.69 Å². The van der Waals surface area contributed by atoms with E-state index in [1.165, 1.54) is 72.9 Å². The van der Waals surface area contributed by atoms with Crippen LogP contribution in [0.25, 0.3) is 11.1 Å². The zero-order valence-electron chi connectivity index (χ0n) is 40.0. The molecule has 1 atom stereocenters. The summed E-state index contributed by atoms with van der Waals surface area (Å²) in [6.45, 7) is 22.3. The van der Waals surface area contributed by atoms with Gasteiger partial charge in [0.1, 0.15) is 19.3 Å². The molecule has 4 aromatic rings. The van der Waals surface area contributed by atoms with Crippen LogP contribution >= 0.6 is 11.8 Å². The molecule has 3 heterocycles. The van der Waals surface area contributed by atoms with Crippen molar-refractivity contribution in [3.05, 3.63) is 153 Å². The summed E-state index contributed by atoms with van der Waals surface area (Å²) in [7, 11) is -0.218. The molecule has 2 aliphatic heterocycles. The molecule has 0 amide bonds. The summed E-state index contributed by atoms with van der Waals surface area (Å²) in [5.41, 5.74) is 14.1. The van der Waals surface area contributed by atoms with Gasteiger partial charge in [-0.1, -0.05) is 96.0 Å². The predicted molar refractivity (Wildman–Crippen MR) is 269 cm³/mol. The Morgan fingerprint density at radius 2 is 1.58 bits per heavy atom. The van der Waals surface area contributed by atoms with Crippen LogP contribution in [0.5, 0.6) is 5.75 Å². The molecule has 0 saturated heterocycles. The number of nitrogens with zero attached hydrogens (tertiary/aromatic N) is 3. The number of methoxy groups -OCH3 is 1. The molecule has 338 valence electrons. The number of aromatic nitrogens is 1. The second-order valence-electron chi connectivity index (χ2n) is 20.0. The molecule has 0 spiro atoms. The molecule has 1 unspecified atom stereocenters. The quantitative estimate of drug-likeness (QED) is 0.0686. The van der Waals surface area contributed by atoms with Gasteiger partial charge >= 0.3 is 0 Å². The number of thioether (sulfide) groups is 1. The van der Waals surface area contributed by atoms with Crippen molar-refractivity contribution in [1.29, 1.82) is 0 Å². The Hall–Kier alpha value is -4.70. The minimum Gasteiger partial charge on any atom is -0.497 e. The van der Waals surface area contributed by atoms with Crippen LogP contribution in [0.2, 0.25) is 0 Å². The van der Waals surface area contributed by atoms with Crippen molar-refractivity contribution in [1.82, 2.24) is 0 Å². The van der Waals surface area contributed by atoms with Crippen molar-refractivity contribution in [2.45, 2.75) is 110 Å². The lowest BCUT2D eigenvalue weighted by atomic mass is 9.81. The van der Waals surface area contributed by atoms with Gasteiger partial charge in [0.15, 0.2) is 18.1 Å². The zero-order valence-corrected chi connectivity index (χ0v) is 41.6. The monoisotopic (exact) mass is 899 g/mol. The molecule has 0 radical (unpaired) electrons. The lowest BCUT2D eigenvalue weighted by Crippen LogP contribution is -2.28. The van der Waals surface area contributed by atoms with E-state index in [4.69, 9.17) is 4.74 Å². The van der Waals surface area contributed by atoms with E-state index < -0.39 is 10.1 Å². The van der Waals surface area contributed by atoms with Gasteiger partial charge in [-0.3, -0.25) is 4.55 Å². The molecule has 7 rings (SSSR count). The topological polar surface area (TPSA) is 73.7 Å². The van der Waals surface area contributed by atoms with Gasteiger partial charge < -0.3 is 9.64 Å². The van der Waals surface area contributed by atoms with Crippen LogP contribution in [-0.2, 0) is 28.0 Å². The van der Waals surface area contributed by atoms with Crippen molar-refractivity contribution in [3.8, 4) is 5.75 Å². The maximum absolute atomic E-state index is 11.7. The average molecular weight is 900 g/mol. The van der Waals surface area contributed by atoms with Gasteiger partial charge in [-0.2, -0.15) is 13.0 Å². The fourth-order valence-electron chi connectivity index (χ4n) is 9.80. The van der Waals surface area contributed by atoms with E-state index in [0.29, 0.717) is 19.4 Å². The van der Waals surface area contributed by atoms with E-state index in [1.54, 1.807) is 7.11 Å². The Morgan fingerprint density at radius 3 is 2.25 bits per heavy atom. The van der Waals surface area contributed by atoms with Crippen LogP contribution in [0.1, 0.15) is 126 Å². The number of pyridine rings is 1. The summed E-state index contributed by atoms with van der Waals surface area (Å²) in [6, 6.07) is 26.6. The first-order valence-corrected chi connectivity index (χ1v) is 25.5. The maximum atomic E-state index is 11.7. The fraction of sp³-hybridized carbons (Fsp3) is 0.418. The molecule has 0 saturated carbocycles. The van der Waals surface area contributed by atoms with Crippen LogP contribution in [0.3, 0.4) is 0 Å². The van der Waals surface area contributed by atoms with Crippen molar-refractivity contribution in [2.24, 2.45) is 12.5 Å². The number of allylic oxidation sites excluding steroid dienone is 7. The Bertz CT molecular complexity index is 2680. The molecule has 64 heavy (non-hydrogen) atoms. The molecule has 0 bridgehead atoms. The van der Waals surface area contributed by atoms with Gasteiger partial charge in [0, 0.05) is 69.8 Å². The van der Waals surface area contributed by atoms with E-state index in [9.17, 15) is 13.0 Å². The summed E-state index contributed by atoms with van der Waals surface area (Å²) in [5.74, 6) is 0.637. The number of aryl methyl sites for hydroxylation is 2. The maximum Gasteiger partial charge on any atom is 0.264 e. The third-order valence-corrected chi connectivity index (χ3v) is 16.0. The van der Waals surface area contributed by atoms with Crippen molar-refractivity contribution >= 4 is 50.1 Å². The number of anilines is 1. The molecule has 7 nitrogen and oxygen atoms in total. The number of ether oxygens (including phenoxy) is 1. The summed E-state index contributed by atoms with van der Waals surface area (Å²) in [4.78, 5) is 3.62. The summed E-state index contributed by atoms with van der Waals surface area (Å²) in [6.07, 6.45) is 18.2. The van der Waals surface area contributed by atoms with E-state index in [0.717, 1.165) is 30.8 Å². The van der Waals surface area contributed by atoms with Gasteiger partial charge in [0.25, 0.3) is 10.1 Å². The number of unbranched alkanes of at least 4 members (excludes halogenated alkanes) is 3. The van der Waals surface area contributed by atoms with Crippen LogP contribution in [0.15, 0.2) is 120 Å². The fourth-order valence-corrected chi connectivity index (χ4v) is 11.9. The third kappa shape index (κ3) is 9.63. The molecule has 3 aromatic carbocycles. The number of benzene rings is 3. The average Bonchev–Trinajstić information content (AvgIpc) is 3.73. The molecule has 0 fully saturated rings. The summed E-state index contributed by atoms with van der Waals surface area (Å²) >= 11 is 1.96. The standard InChI is InChI=1S/C55H68N3O4S2/c1-12-13-16-31-57-48-26-22-40(62-11)37-46(48)55(8,9)50(57)28-24-44-42-20-15-14-19-41(42)43(51(44)63-52(53(3,4)5)39-29-33-56(10)34-30-39)23-27-49-54(6,7)45-36-38(2)21-25-47(45)58(49)32-17-18-35-64(59,60)61/h14-15,19-30,33-34,36-37,52H,12-13,16-18,31-32,35H2,1-11H3/q+1/p+1. The summed E-state index contributed by atoms with van der Waals surface area (Å²) in [5, 5.41) is 0.143. The second-order valence-corrected chi connectivity index (χ2v) is 22.6. The van der Waals surface area contributed by atoms with Gasteiger partial charge in [-0.25, -0.2) is 4.57 Å². The normalized spacial score (nSPS) is 18.4. The number of hydrogen-bond acceptors (Lipinski definition) is 5. The van der Waals surface area contributed by atoms with Crippen LogP contribution in [0, 0.1) is 12.3 Å². The Kier molecular flexibility index (Phi) is 13.8. The van der Waals surface area contributed by atoms with E-state index >= 15 is 0 Å². The summed E-state index contributed by atoms with van der Waals surface area (Å²) < 4.78 is 43.3. The van der Waals surface area contributed by atoms with Crippen LogP contribution in [0.4, 0.5) is 11.4 Å². The molecule has 1 aliphatic carbocycles. The van der Waals surface area contributed by atoms with E-state index in [-0.39, 0.29) is 27.2 Å². The lowest BCUT2D eigenvalue weighted by molar-refractivity contribution is -0.671. The highest BCUT2D eigenvalue weighted by Crippen LogP contribution is 2.56. The van der Waals surface area contributed by atoms with E-state index in [1.807, 2.05) is 11.8 Å². The highest BCUT2D eigenvalue weighted by Gasteiger charge is 2.45. The lowest BCUT2D eigenvalue weighted by Gasteiger charge is -2.31. The third-order valence-electron chi connectivity index (χ3n) is 13.3. The molecular weight excluding hydrogens is 831 g/mol. The number of hydrogen-bond donors (Lipinski definition) is 1. The first-order valence-electron chi connectivity index (χ1n) is 23.0. The first-order chi connectivity index (χ1) is 30.3. The Labute approximate surface area is 388 Å². The zero-order chi connectivity index (χ0) is 46.2. The van der Waals surface area contributed by atoms with Crippen molar-refractivity contribution in [3.63, 3.8) is 0 Å². The van der Waals surface area contributed by atoms with Crippen molar-refractivity contribution in [2.75, 3.05) is 30.9 Å². The minimum atomic E-state index is -4.03. The van der Waals surface area contributed by atoms with Gasteiger partial charge in [-0.05, 0) is 109 Å². The molecular formula is C55H69N3O4S2+2. The minimum absolute atomic E-state index is 0.0739. The van der Waals surface area contributed by atoms with Crippen molar-refractivity contribution < 1.29 is 26.9 Å². The highest BCUT2D eigenvalue weighted by molar-refractivity contribution is 8.04. The largest absolute Gasteiger partial charge is 0.497 e. The predicted octanol–water partition coefficient (Wildman–Crippen LogP) is 12.6. The molecule has 3 aliphatic rings. The number of rotatable bonds is 16. The van der Waals surface area contributed by atoms with Crippen LogP contribution < -0.4 is 14.2 Å². The molecule has 1 N–H and O–H groups in total. The SMILES string of the molecule is CCCCC[N+]1=C(/C=C/C2=C(SC(c3cc[n+](C)cc3)C(C)(C)C)C(=C/C=C3/N(CCCCS(=O)(=O)O)c4ccc(C)cc4C3(C)C)/c3ccccc32)C(C)(C)c2cc(OC)ccc21. The second kappa shape index (κ2) is 18.7. The van der Waals surface area contributed by atoms with Gasteiger partial charge in [0.05, 0.1) is 18.3 Å². The Balaban J connectivity index is 1.42. The van der Waals surface area contributed by atoms with Gasteiger partial charge in [-0.15, -0.1) is 11.8 Å².